The van der Waals surface area contributed by atoms with Crippen LogP contribution in [0.3, 0.4) is 0 Å². The summed E-state index contributed by atoms with van der Waals surface area (Å²) < 4.78 is 42.3. The number of urea groups is 1. The Kier molecular flexibility index (Phi) is 5.12. The van der Waals surface area contributed by atoms with Crippen LogP contribution in [-0.4, -0.2) is 28.6 Å². The minimum atomic E-state index is -4.64. The molecule has 1 aromatic heterocycles. The summed E-state index contributed by atoms with van der Waals surface area (Å²) in [7, 11) is 0. The molecule has 0 saturated heterocycles. The maximum atomic E-state index is 14.1. The molecular formula is C20H16Cl2F3N3O. The Hall–Kier alpha value is -2.38. The maximum absolute atomic E-state index is 14.1. The number of aromatic nitrogens is 1. The Balaban J connectivity index is 1.73. The lowest BCUT2D eigenvalue weighted by atomic mass is 10.0. The number of H-pyrrole nitrogens is 1. The van der Waals surface area contributed by atoms with Crippen LogP contribution in [0.2, 0.25) is 10.0 Å². The number of halogens is 5. The molecule has 29 heavy (non-hydrogen) atoms. The Morgan fingerprint density at radius 1 is 1.14 bits per heavy atom. The zero-order valence-corrected chi connectivity index (χ0v) is 16.5. The summed E-state index contributed by atoms with van der Waals surface area (Å²) in [5, 5.41) is 3.74. The zero-order valence-electron chi connectivity index (χ0n) is 15.0. The Morgan fingerprint density at radius 2 is 1.90 bits per heavy atom. The standard InChI is InChI=1S/C20H16Cl2F3N3O/c21-14-8-7-11(10-15(14)22)26-19(29)28-9-3-5-13-12-4-1-2-6-16(12)27-17(13)18(28)20(23,24)25/h1-2,4,6-8,10,18,27H,3,5,9H2,(H,26,29). The minimum absolute atomic E-state index is 0.0143. The average molecular weight is 442 g/mol. The fourth-order valence-corrected chi connectivity index (χ4v) is 4.06. The second-order valence-electron chi connectivity index (χ2n) is 6.86. The number of anilines is 1. The summed E-state index contributed by atoms with van der Waals surface area (Å²) in [4.78, 5) is 16.5. The van der Waals surface area contributed by atoms with Gasteiger partial charge in [0.15, 0.2) is 6.04 Å². The molecule has 1 aliphatic heterocycles. The number of amides is 2. The molecule has 1 atom stereocenters. The van der Waals surface area contributed by atoms with Gasteiger partial charge in [0.1, 0.15) is 0 Å². The number of nitrogens with one attached hydrogen (secondary N) is 2. The van der Waals surface area contributed by atoms with Gasteiger partial charge in [-0.2, -0.15) is 13.2 Å². The highest BCUT2D eigenvalue weighted by atomic mass is 35.5. The number of aromatic amines is 1. The first-order valence-electron chi connectivity index (χ1n) is 8.94. The van der Waals surface area contributed by atoms with Crippen molar-refractivity contribution in [1.82, 2.24) is 9.88 Å². The normalized spacial score (nSPS) is 17.1. The van der Waals surface area contributed by atoms with Crippen LogP contribution in [0.25, 0.3) is 10.9 Å². The molecule has 3 aromatic rings. The first kappa shape index (κ1) is 19.9. The van der Waals surface area contributed by atoms with Crippen LogP contribution in [0.1, 0.15) is 23.7 Å². The van der Waals surface area contributed by atoms with Crippen molar-refractivity contribution in [1.29, 1.82) is 0 Å². The van der Waals surface area contributed by atoms with E-state index in [-0.39, 0.29) is 28.0 Å². The molecule has 4 nitrogen and oxygen atoms in total. The highest BCUT2D eigenvalue weighted by Crippen LogP contribution is 2.43. The lowest BCUT2D eigenvalue weighted by Gasteiger charge is -2.31. The number of nitrogens with zero attached hydrogens (tertiary/aromatic N) is 1. The van der Waals surface area contributed by atoms with Crippen molar-refractivity contribution in [3.63, 3.8) is 0 Å². The lowest BCUT2D eigenvalue weighted by Crippen LogP contribution is -2.44. The number of alkyl halides is 3. The summed E-state index contributed by atoms with van der Waals surface area (Å²) in [6.45, 7) is -0.0336. The molecule has 0 saturated carbocycles. The van der Waals surface area contributed by atoms with Crippen molar-refractivity contribution in [3.8, 4) is 0 Å². The van der Waals surface area contributed by atoms with Gasteiger partial charge in [-0.15, -0.1) is 0 Å². The van der Waals surface area contributed by atoms with Crippen LogP contribution in [-0.2, 0) is 6.42 Å². The van der Waals surface area contributed by atoms with Crippen molar-refractivity contribution < 1.29 is 18.0 Å². The van der Waals surface area contributed by atoms with Crippen molar-refractivity contribution >= 4 is 45.8 Å². The predicted octanol–water partition coefficient (Wildman–Crippen LogP) is 6.56. The van der Waals surface area contributed by atoms with Gasteiger partial charge in [-0.1, -0.05) is 41.4 Å². The van der Waals surface area contributed by atoms with Crippen LogP contribution in [0, 0.1) is 0 Å². The summed E-state index contributed by atoms with van der Waals surface area (Å²) in [5.41, 5.74) is 1.51. The zero-order chi connectivity index (χ0) is 20.8. The number of carbonyl (C=O) groups excluding carboxylic acids is 1. The number of benzene rings is 2. The number of fused-ring (bicyclic) bond motifs is 3. The van der Waals surface area contributed by atoms with Crippen LogP contribution < -0.4 is 5.32 Å². The molecule has 0 spiro atoms. The topological polar surface area (TPSA) is 48.1 Å². The Bertz CT molecular complexity index is 1080. The Labute approximate surface area is 174 Å². The molecule has 9 heteroatoms. The third-order valence-electron chi connectivity index (χ3n) is 5.00. The van der Waals surface area contributed by atoms with E-state index in [2.05, 4.69) is 10.3 Å². The summed E-state index contributed by atoms with van der Waals surface area (Å²) in [6, 6.07) is 8.51. The van der Waals surface area contributed by atoms with Crippen LogP contribution in [0.5, 0.6) is 0 Å². The van der Waals surface area contributed by atoms with Gasteiger partial charge in [0.25, 0.3) is 0 Å². The number of hydrogen-bond acceptors (Lipinski definition) is 1. The largest absolute Gasteiger partial charge is 0.414 e. The second-order valence-corrected chi connectivity index (χ2v) is 7.68. The van der Waals surface area contributed by atoms with E-state index in [1.54, 1.807) is 24.3 Å². The molecule has 4 rings (SSSR count). The van der Waals surface area contributed by atoms with Gasteiger partial charge in [0.05, 0.1) is 15.7 Å². The molecule has 0 radical (unpaired) electrons. The maximum Gasteiger partial charge on any atom is 0.414 e. The predicted molar refractivity (Wildman–Crippen MR) is 108 cm³/mol. The molecule has 2 aromatic carbocycles. The van der Waals surface area contributed by atoms with Gasteiger partial charge in [-0.3, -0.25) is 0 Å². The number of carbonyl (C=O) groups is 1. The fraction of sp³-hybridized carbons (Fsp3) is 0.250. The molecule has 0 aliphatic carbocycles. The molecule has 2 amide bonds. The second kappa shape index (κ2) is 7.46. The number of aryl methyl sites for hydroxylation is 1. The quantitative estimate of drug-likeness (QED) is 0.441. The number of rotatable bonds is 1. The number of hydrogen-bond donors (Lipinski definition) is 2. The van der Waals surface area contributed by atoms with Crippen molar-refractivity contribution in [2.24, 2.45) is 0 Å². The molecule has 0 fully saturated rings. The molecule has 1 aliphatic rings. The summed E-state index contributed by atoms with van der Waals surface area (Å²) in [5.74, 6) is 0. The third-order valence-corrected chi connectivity index (χ3v) is 5.74. The number of para-hydroxylation sites is 1. The van der Waals surface area contributed by atoms with Gasteiger partial charge < -0.3 is 15.2 Å². The SMILES string of the molecule is O=C(Nc1ccc(Cl)c(Cl)c1)N1CCCc2c([nH]c3ccccc23)C1C(F)(F)F. The smallest absolute Gasteiger partial charge is 0.356 e. The van der Waals surface area contributed by atoms with E-state index in [9.17, 15) is 18.0 Å². The van der Waals surface area contributed by atoms with Gasteiger partial charge in [-0.25, -0.2) is 4.79 Å². The highest BCUT2D eigenvalue weighted by molar-refractivity contribution is 6.42. The van der Waals surface area contributed by atoms with Crippen LogP contribution in [0.4, 0.5) is 23.7 Å². The molecule has 2 heterocycles. The lowest BCUT2D eigenvalue weighted by molar-refractivity contribution is -0.178. The highest BCUT2D eigenvalue weighted by Gasteiger charge is 2.49. The first-order valence-corrected chi connectivity index (χ1v) is 9.70. The van der Waals surface area contributed by atoms with E-state index in [0.29, 0.717) is 23.9 Å². The first-order chi connectivity index (χ1) is 13.8. The van der Waals surface area contributed by atoms with E-state index in [4.69, 9.17) is 23.2 Å². The van der Waals surface area contributed by atoms with Crippen molar-refractivity contribution in [2.75, 3.05) is 11.9 Å². The Morgan fingerprint density at radius 3 is 2.62 bits per heavy atom. The molecule has 1 unspecified atom stereocenters. The fourth-order valence-electron chi connectivity index (χ4n) is 3.76. The minimum Gasteiger partial charge on any atom is -0.356 e. The van der Waals surface area contributed by atoms with E-state index in [1.807, 2.05) is 0 Å². The molecule has 152 valence electrons. The van der Waals surface area contributed by atoms with Gasteiger partial charge in [0.2, 0.25) is 0 Å². The van der Waals surface area contributed by atoms with E-state index in [1.165, 1.54) is 18.2 Å². The summed E-state index contributed by atoms with van der Waals surface area (Å²) in [6.07, 6.45) is -3.78. The van der Waals surface area contributed by atoms with E-state index in [0.717, 1.165) is 10.3 Å². The van der Waals surface area contributed by atoms with Gasteiger partial charge in [0, 0.05) is 23.1 Å². The monoisotopic (exact) mass is 441 g/mol. The van der Waals surface area contributed by atoms with E-state index >= 15 is 0 Å². The third kappa shape index (κ3) is 3.76. The van der Waals surface area contributed by atoms with Crippen molar-refractivity contribution in [3.05, 3.63) is 63.8 Å². The molecular weight excluding hydrogens is 426 g/mol. The van der Waals surface area contributed by atoms with Crippen LogP contribution in [0.15, 0.2) is 42.5 Å². The summed E-state index contributed by atoms with van der Waals surface area (Å²) >= 11 is 11.8. The van der Waals surface area contributed by atoms with Crippen LogP contribution >= 0.6 is 23.2 Å². The molecule has 2 N–H and O–H groups in total. The molecule has 0 bridgehead atoms. The van der Waals surface area contributed by atoms with Gasteiger partial charge in [-0.05, 0) is 42.7 Å². The van der Waals surface area contributed by atoms with Gasteiger partial charge >= 0.3 is 12.2 Å². The van der Waals surface area contributed by atoms with Crippen molar-refractivity contribution in [2.45, 2.75) is 25.1 Å². The van der Waals surface area contributed by atoms with E-state index < -0.39 is 18.2 Å². The average Bonchev–Trinajstić information content (AvgIpc) is 2.88.